The lowest BCUT2D eigenvalue weighted by atomic mass is 10.00. The van der Waals surface area contributed by atoms with Crippen molar-refractivity contribution < 1.29 is 9.59 Å². The molecule has 0 aromatic heterocycles. The molecule has 1 fully saturated rings. The maximum atomic E-state index is 12.2. The molecule has 0 heterocycles. The predicted molar refractivity (Wildman–Crippen MR) is 95.6 cm³/mol. The molecule has 1 aliphatic rings. The minimum absolute atomic E-state index is 0.104. The Morgan fingerprint density at radius 1 is 1.04 bits per heavy atom. The molecule has 2 aromatic carbocycles. The monoisotopic (exact) mass is 335 g/mol. The van der Waals surface area contributed by atoms with Gasteiger partial charge in [0.1, 0.15) is 5.54 Å². The van der Waals surface area contributed by atoms with Crippen LogP contribution in [0.15, 0.2) is 42.5 Å². The number of carbonyl (C=O) groups is 2. The van der Waals surface area contributed by atoms with Crippen molar-refractivity contribution in [3.8, 4) is 6.07 Å². The third-order valence-electron chi connectivity index (χ3n) is 4.73. The molecular weight excluding hydrogens is 314 g/mol. The van der Waals surface area contributed by atoms with E-state index >= 15 is 0 Å². The van der Waals surface area contributed by atoms with Gasteiger partial charge in [0.2, 0.25) is 11.8 Å². The Labute approximate surface area is 147 Å². The molecule has 5 nitrogen and oxygen atoms in total. The van der Waals surface area contributed by atoms with E-state index in [9.17, 15) is 14.9 Å². The van der Waals surface area contributed by atoms with Gasteiger partial charge in [0.05, 0.1) is 19.0 Å². The standard InChI is InChI=1S/C20H21N3O2/c21-14-20(10-3-4-11-20)23-19(25)13-22-18(24)12-16-8-5-7-15-6-1-2-9-17(15)16/h1-2,5-9H,3-4,10-13H2,(H,22,24)(H,23,25). The highest BCUT2D eigenvalue weighted by molar-refractivity contribution is 5.91. The number of rotatable bonds is 5. The molecule has 2 N–H and O–H groups in total. The summed E-state index contributed by atoms with van der Waals surface area (Å²) in [7, 11) is 0. The Morgan fingerprint density at radius 3 is 2.52 bits per heavy atom. The third-order valence-corrected chi connectivity index (χ3v) is 4.73. The van der Waals surface area contributed by atoms with Gasteiger partial charge in [-0.25, -0.2) is 0 Å². The summed E-state index contributed by atoms with van der Waals surface area (Å²) in [5, 5.41) is 16.8. The normalized spacial score (nSPS) is 15.5. The molecule has 1 saturated carbocycles. The Bertz CT molecular complexity index is 827. The molecule has 0 bridgehead atoms. The smallest absolute Gasteiger partial charge is 0.240 e. The van der Waals surface area contributed by atoms with Gasteiger partial charge in [-0.15, -0.1) is 0 Å². The first-order valence-corrected chi connectivity index (χ1v) is 8.57. The number of benzene rings is 2. The van der Waals surface area contributed by atoms with E-state index in [1.807, 2.05) is 42.5 Å². The summed E-state index contributed by atoms with van der Waals surface area (Å²) in [4.78, 5) is 24.2. The zero-order valence-corrected chi connectivity index (χ0v) is 14.0. The van der Waals surface area contributed by atoms with Crippen molar-refractivity contribution in [3.63, 3.8) is 0 Å². The number of hydrogen-bond donors (Lipinski definition) is 2. The summed E-state index contributed by atoms with van der Waals surface area (Å²) >= 11 is 0. The molecule has 128 valence electrons. The van der Waals surface area contributed by atoms with Gasteiger partial charge < -0.3 is 10.6 Å². The zero-order chi connectivity index (χ0) is 17.7. The molecule has 0 spiro atoms. The van der Waals surface area contributed by atoms with Crippen molar-refractivity contribution in [2.24, 2.45) is 0 Å². The van der Waals surface area contributed by atoms with E-state index in [1.165, 1.54) is 0 Å². The second kappa shape index (κ2) is 7.35. The molecule has 0 unspecified atom stereocenters. The summed E-state index contributed by atoms with van der Waals surface area (Å²) in [6.07, 6.45) is 3.47. The van der Waals surface area contributed by atoms with Gasteiger partial charge in [-0.05, 0) is 42.0 Å². The average Bonchev–Trinajstić information content (AvgIpc) is 3.09. The fourth-order valence-corrected chi connectivity index (χ4v) is 3.42. The Kier molecular flexibility index (Phi) is 4.99. The number of nitriles is 1. The number of hydrogen-bond acceptors (Lipinski definition) is 3. The number of carbonyl (C=O) groups excluding carboxylic acids is 2. The molecule has 0 saturated heterocycles. The summed E-state index contributed by atoms with van der Waals surface area (Å²) in [6.45, 7) is -0.104. The van der Waals surface area contributed by atoms with Crippen molar-refractivity contribution in [3.05, 3.63) is 48.0 Å². The van der Waals surface area contributed by atoms with Crippen LogP contribution in [-0.2, 0) is 16.0 Å². The van der Waals surface area contributed by atoms with Gasteiger partial charge in [0.25, 0.3) is 0 Å². The number of nitrogens with one attached hydrogen (secondary N) is 2. The summed E-state index contributed by atoms with van der Waals surface area (Å²) in [6, 6.07) is 16.0. The van der Waals surface area contributed by atoms with Crippen LogP contribution in [0, 0.1) is 11.3 Å². The van der Waals surface area contributed by atoms with E-state index in [-0.39, 0.29) is 24.8 Å². The van der Waals surface area contributed by atoms with Crippen LogP contribution in [0.4, 0.5) is 0 Å². The lowest BCUT2D eigenvalue weighted by Crippen LogP contribution is -2.49. The number of fused-ring (bicyclic) bond motifs is 1. The molecule has 0 atom stereocenters. The number of amides is 2. The molecule has 3 rings (SSSR count). The van der Waals surface area contributed by atoms with Gasteiger partial charge in [-0.3, -0.25) is 9.59 Å². The Hall–Kier alpha value is -2.87. The Balaban J connectivity index is 1.56. The second-order valence-corrected chi connectivity index (χ2v) is 6.54. The van der Waals surface area contributed by atoms with Crippen molar-refractivity contribution in [2.45, 2.75) is 37.6 Å². The third kappa shape index (κ3) is 3.97. The summed E-state index contributed by atoms with van der Waals surface area (Å²) < 4.78 is 0. The van der Waals surface area contributed by atoms with Crippen molar-refractivity contribution in [1.29, 1.82) is 5.26 Å². The van der Waals surface area contributed by atoms with Gasteiger partial charge in [0, 0.05) is 0 Å². The first-order valence-electron chi connectivity index (χ1n) is 8.57. The molecule has 2 amide bonds. The number of nitrogens with zero attached hydrogens (tertiary/aromatic N) is 1. The fourth-order valence-electron chi connectivity index (χ4n) is 3.42. The van der Waals surface area contributed by atoms with Crippen LogP contribution in [0.2, 0.25) is 0 Å². The van der Waals surface area contributed by atoms with Gasteiger partial charge in [-0.2, -0.15) is 5.26 Å². The topological polar surface area (TPSA) is 82.0 Å². The highest BCUT2D eigenvalue weighted by atomic mass is 16.2. The molecule has 0 radical (unpaired) electrons. The highest BCUT2D eigenvalue weighted by Gasteiger charge is 2.35. The molecule has 0 aliphatic heterocycles. The summed E-state index contributed by atoms with van der Waals surface area (Å²) in [5.41, 5.74) is 0.178. The molecule has 2 aromatic rings. The molecule has 5 heteroatoms. The maximum Gasteiger partial charge on any atom is 0.240 e. The van der Waals surface area contributed by atoms with Crippen LogP contribution < -0.4 is 10.6 Å². The molecular formula is C20H21N3O2. The van der Waals surface area contributed by atoms with Gasteiger partial charge >= 0.3 is 0 Å². The SMILES string of the molecule is N#CC1(NC(=O)CNC(=O)Cc2cccc3ccccc23)CCCC1. The van der Waals surface area contributed by atoms with Crippen LogP contribution >= 0.6 is 0 Å². The van der Waals surface area contributed by atoms with Crippen molar-refractivity contribution in [1.82, 2.24) is 10.6 Å². The minimum atomic E-state index is -0.753. The predicted octanol–water partition coefficient (Wildman–Crippen LogP) is 2.45. The zero-order valence-electron chi connectivity index (χ0n) is 14.0. The van der Waals surface area contributed by atoms with Gasteiger partial charge in [0.15, 0.2) is 0 Å². The van der Waals surface area contributed by atoms with E-state index in [0.717, 1.165) is 29.2 Å². The summed E-state index contributed by atoms with van der Waals surface area (Å²) in [5.74, 6) is -0.515. The van der Waals surface area contributed by atoms with Crippen LogP contribution in [0.1, 0.15) is 31.2 Å². The van der Waals surface area contributed by atoms with E-state index < -0.39 is 5.54 Å². The van der Waals surface area contributed by atoms with Crippen molar-refractivity contribution in [2.75, 3.05) is 6.54 Å². The lowest BCUT2D eigenvalue weighted by molar-refractivity contribution is -0.126. The van der Waals surface area contributed by atoms with Crippen molar-refractivity contribution >= 4 is 22.6 Å². The van der Waals surface area contributed by atoms with E-state index in [0.29, 0.717) is 12.8 Å². The van der Waals surface area contributed by atoms with Crippen LogP contribution in [-0.4, -0.2) is 23.9 Å². The van der Waals surface area contributed by atoms with Crippen LogP contribution in [0.25, 0.3) is 10.8 Å². The van der Waals surface area contributed by atoms with Crippen LogP contribution in [0.3, 0.4) is 0 Å². The molecule has 25 heavy (non-hydrogen) atoms. The average molecular weight is 335 g/mol. The minimum Gasteiger partial charge on any atom is -0.347 e. The van der Waals surface area contributed by atoms with E-state index in [1.54, 1.807) is 0 Å². The highest BCUT2D eigenvalue weighted by Crippen LogP contribution is 2.28. The molecule has 1 aliphatic carbocycles. The Morgan fingerprint density at radius 2 is 1.76 bits per heavy atom. The largest absolute Gasteiger partial charge is 0.347 e. The second-order valence-electron chi connectivity index (χ2n) is 6.54. The van der Waals surface area contributed by atoms with Crippen LogP contribution in [0.5, 0.6) is 0 Å². The first kappa shape index (κ1) is 17.0. The fraction of sp³-hybridized carbons (Fsp3) is 0.350. The first-order chi connectivity index (χ1) is 12.1. The van der Waals surface area contributed by atoms with Gasteiger partial charge in [-0.1, -0.05) is 42.5 Å². The van der Waals surface area contributed by atoms with E-state index in [4.69, 9.17) is 0 Å². The quantitative estimate of drug-likeness (QED) is 0.880. The van der Waals surface area contributed by atoms with E-state index in [2.05, 4.69) is 16.7 Å². The maximum absolute atomic E-state index is 12.2. The lowest BCUT2D eigenvalue weighted by Gasteiger charge is -2.22.